The number of halogens is 1. The van der Waals surface area contributed by atoms with Crippen molar-refractivity contribution >= 4 is 21.8 Å². The smallest absolute Gasteiger partial charge is 0.230 e. The normalized spacial score (nSPS) is 37.6. The Balaban J connectivity index is 1.64. The predicted molar refractivity (Wildman–Crippen MR) is 51.1 cm³/mol. The highest BCUT2D eigenvalue weighted by molar-refractivity contribution is 9.09. The third-order valence-corrected chi connectivity index (χ3v) is 3.56. The van der Waals surface area contributed by atoms with E-state index >= 15 is 0 Å². The van der Waals surface area contributed by atoms with E-state index in [0.717, 1.165) is 24.3 Å². The highest BCUT2D eigenvalue weighted by Gasteiger charge is 2.45. The van der Waals surface area contributed by atoms with Crippen LogP contribution in [0.1, 0.15) is 19.3 Å². The van der Waals surface area contributed by atoms with Crippen molar-refractivity contribution in [3.05, 3.63) is 0 Å². The van der Waals surface area contributed by atoms with Crippen LogP contribution >= 0.6 is 15.9 Å². The summed E-state index contributed by atoms with van der Waals surface area (Å²) in [6.07, 6.45) is 4.17. The molecule has 0 radical (unpaired) electrons. The summed E-state index contributed by atoms with van der Waals surface area (Å²) in [7, 11) is 0. The molecule has 0 spiro atoms. The van der Waals surface area contributed by atoms with Crippen LogP contribution in [-0.4, -0.2) is 17.8 Å². The number of rotatable bonds is 3. The van der Waals surface area contributed by atoms with Crippen LogP contribution in [0.15, 0.2) is 0 Å². The van der Waals surface area contributed by atoms with Crippen molar-refractivity contribution in [3.8, 4) is 0 Å². The van der Waals surface area contributed by atoms with E-state index in [9.17, 15) is 4.79 Å². The molecular weight excluding hydrogens is 218 g/mol. The van der Waals surface area contributed by atoms with E-state index < -0.39 is 0 Å². The fourth-order valence-electron chi connectivity index (χ4n) is 2.31. The Labute approximate surface area is 81.2 Å². The highest BCUT2D eigenvalue weighted by Crippen LogP contribution is 2.54. The number of hydrogen-bond acceptors (Lipinski definition) is 1. The molecule has 2 fully saturated rings. The molecule has 2 unspecified atom stereocenters. The van der Waals surface area contributed by atoms with Crippen LogP contribution in [0.25, 0.3) is 0 Å². The zero-order chi connectivity index (χ0) is 8.55. The molecular formula is C9H14BrNO. The zero-order valence-corrected chi connectivity index (χ0v) is 8.64. The van der Waals surface area contributed by atoms with E-state index in [2.05, 4.69) is 21.2 Å². The minimum Gasteiger partial charge on any atom is -0.355 e. The second-order valence-electron chi connectivity index (χ2n) is 4.03. The topological polar surface area (TPSA) is 29.1 Å². The quantitative estimate of drug-likeness (QED) is 0.735. The van der Waals surface area contributed by atoms with Gasteiger partial charge in [-0.05, 0) is 37.0 Å². The van der Waals surface area contributed by atoms with Crippen molar-refractivity contribution in [3.63, 3.8) is 0 Å². The van der Waals surface area contributed by atoms with Gasteiger partial charge in [-0.15, -0.1) is 0 Å². The molecule has 2 aliphatic carbocycles. The SMILES string of the molecule is O=C(CBr)NCC1CC2CC2C1. The van der Waals surface area contributed by atoms with E-state index in [1.165, 1.54) is 19.3 Å². The van der Waals surface area contributed by atoms with Gasteiger partial charge >= 0.3 is 0 Å². The van der Waals surface area contributed by atoms with Crippen LogP contribution < -0.4 is 5.32 Å². The van der Waals surface area contributed by atoms with Crippen LogP contribution in [-0.2, 0) is 4.79 Å². The summed E-state index contributed by atoms with van der Waals surface area (Å²) in [6.45, 7) is 0.900. The van der Waals surface area contributed by atoms with Crippen molar-refractivity contribution in [2.24, 2.45) is 17.8 Å². The molecule has 0 aromatic rings. The van der Waals surface area contributed by atoms with Gasteiger partial charge in [0, 0.05) is 6.54 Å². The van der Waals surface area contributed by atoms with Crippen LogP contribution in [0.5, 0.6) is 0 Å². The molecule has 12 heavy (non-hydrogen) atoms. The summed E-state index contributed by atoms with van der Waals surface area (Å²) in [5.41, 5.74) is 0. The van der Waals surface area contributed by atoms with Gasteiger partial charge in [-0.1, -0.05) is 15.9 Å². The average molecular weight is 232 g/mol. The number of alkyl halides is 1. The van der Waals surface area contributed by atoms with Gasteiger partial charge < -0.3 is 5.32 Å². The molecule has 2 saturated carbocycles. The van der Waals surface area contributed by atoms with Gasteiger partial charge in [-0.3, -0.25) is 4.79 Å². The Morgan fingerprint density at radius 3 is 2.58 bits per heavy atom. The van der Waals surface area contributed by atoms with Gasteiger partial charge in [-0.2, -0.15) is 0 Å². The maximum atomic E-state index is 10.9. The molecule has 0 aliphatic heterocycles. The first-order valence-corrected chi connectivity index (χ1v) is 5.74. The van der Waals surface area contributed by atoms with Crippen molar-refractivity contribution in [2.75, 3.05) is 11.9 Å². The summed E-state index contributed by atoms with van der Waals surface area (Å²) in [4.78, 5) is 10.9. The molecule has 3 heteroatoms. The van der Waals surface area contributed by atoms with Crippen LogP contribution in [0, 0.1) is 17.8 Å². The lowest BCUT2D eigenvalue weighted by molar-refractivity contribution is -0.118. The first-order chi connectivity index (χ1) is 5.79. The Kier molecular flexibility index (Phi) is 2.40. The Hall–Kier alpha value is -0.0500. The van der Waals surface area contributed by atoms with Crippen LogP contribution in [0.4, 0.5) is 0 Å². The first kappa shape index (κ1) is 8.54. The molecule has 2 nitrogen and oxygen atoms in total. The third kappa shape index (κ3) is 1.82. The lowest BCUT2D eigenvalue weighted by Gasteiger charge is -2.11. The van der Waals surface area contributed by atoms with Gasteiger partial charge in [0.15, 0.2) is 0 Å². The van der Waals surface area contributed by atoms with Crippen LogP contribution in [0.2, 0.25) is 0 Å². The fourth-order valence-corrected chi connectivity index (χ4v) is 2.51. The number of fused-ring (bicyclic) bond motifs is 1. The number of nitrogens with one attached hydrogen (secondary N) is 1. The molecule has 0 saturated heterocycles. The average Bonchev–Trinajstić information content (AvgIpc) is 2.70. The first-order valence-electron chi connectivity index (χ1n) is 4.62. The Bertz CT molecular complexity index is 185. The maximum absolute atomic E-state index is 10.9. The lowest BCUT2D eigenvalue weighted by atomic mass is 10.0. The molecule has 1 N–H and O–H groups in total. The van der Waals surface area contributed by atoms with Gasteiger partial charge in [0.2, 0.25) is 5.91 Å². The number of carbonyl (C=O) groups excluding carboxylic acids is 1. The van der Waals surface area contributed by atoms with E-state index in [4.69, 9.17) is 0 Å². The summed E-state index contributed by atoms with van der Waals surface area (Å²) >= 11 is 3.13. The summed E-state index contributed by atoms with van der Waals surface area (Å²) in [5, 5.41) is 3.37. The van der Waals surface area contributed by atoms with Crippen molar-refractivity contribution in [1.82, 2.24) is 5.32 Å². The Morgan fingerprint density at radius 1 is 1.33 bits per heavy atom. The monoisotopic (exact) mass is 231 g/mol. The molecule has 2 rings (SSSR count). The van der Waals surface area contributed by atoms with Crippen molar-refractivity contribution in [2.45, 2.75) is 19.3 Å². The lowest BCUT2D eigenvalue weighted by Crippen LogP contribution is -2.29. The summed E-state index contributed by atoms with van der Waals surface area (Å²) < 4.78 is 0. The molecule has 0 aromatic heterocycles. The molecule has 2 aliphatic rings. The predicted octanol–water partition coefficient (Wildman–Crippen LogP) is 1.54. The molecule has 68 valence electrons. The van der Waals surface area contributed by atoms with Gasteiger partial charge in [-0.25, -0.2) is 0 Å². The molecule has 0 bridgehead atoms. The maximum Gasteiger partial charge on any atom is 0.230 e. The molecule has 1 amide bonds. The van der Waals surface area contributed by atoms with Crippen LogP contribution in [0.3, 0.4) is 0 Å². The van der Waals surface area contributed by atoms with Crippen molar-refractivity contribution in [1.29, 1.82) is 0 Å². The minimum absolute atomic E-state index is 0.121. The Morgan fingerprint density at radius 2 is 2.00 bits per heavy atom. The zero-order valence-electron chi connectivity index (χ0n) is 7.05. The third-order valence-electron chi connectivity index (χ3n) is 3.05. The van der Waals surface area contributed by atoms with E-state index in [-0.39, 0.29) is 5.91 Å². The van der Waals surface area contributed by atoms with Gasteiger partial charge in [0.25, 0.3) is 0 Å². The number of amides is 1. The minimum atomic E-state index is 0.121. The summed E-state index contributed by atoms with van der Waals surface area (Å²) in [5.74, 6) is 2.94. The van der Waals surface area contributed by atoms with E-state index in [1.807, 2.05) is 0 Å². The summed E-state index contributed by atoms with van der Waals surface area (Å²) in [6, 6.07) is 0. The van der Waals surface area contributed by atoms with Gasteiger partial charge in [0.1, 0.15) is 0 Å². The molecule has 0 aromatic carbocycles. The fraction of sp³-hybridized carbons (Fsp3) is 0.889. The highest BCUT2D eigenvalue weighted by atomic mass is 79.9. The van der Waals surface area contributed by atoms with Crippen molar-refractivity contribution < 1.29 is 4.79 Å². The van der Waals surface area contributed by atoms with Gasteiger partial charge in [0.05, 0.1) is 5.33 Å². The number of carbonyl (C=O) groups is 1. The molecule has 0 heterocycles. The van der Waals surface area contributed by atoms with E-state index in [1.54, 1.807) is 0 Å². The molecule has 2 atom stereocenters. The van der Waals surface area contributed by atoms with E-state index in [0.29, 0.717) is 5.33 Å². The largest absolute Gasteiger partial charge is 0.355 e. The second-order valence-corrected chi connectivity index (χ2v) is 4.59. The standard InChI is InChI=1S/C9H14BrNO/c10-4-9(12)11-5-6-1-7-3-8(7)2-6/h6-8H,1-5H2,(H,11,12). The second kappa shape index (κ2) is 3.36. The number of hydrogen-bond donors (Lipinski definition) is 1.